The molecule has 15 heavy (non-hydrogen) atoms. The van der Waals surface area contributed by atoms with Crippen molar-refractivity contribution in [3.63, 3.8) is 0 Å². The molecule has 3 rings (SSSR count). The number of rotatable bonds is 0. The van der Waals surface area contributed by atoms with Crippen LogP contribution in [-0.2, 0) is 0 Å². The molecule has 0 N–H and O–H groups in total. The average molecular weight is 207 g/mol. The van der Waals surface area contributed by atoms with E-state index in [-0.39, 0.29) is 0 Å². The first-order chi connectivity index (χ1) is 7.09. The summed E-state index contributed by atoms with van der Waals surface area (Å²) in [6.45, 7) is 7.50. The summed E-state index contributed by atoms with van der Waals surface area (Å²) < 4.78 is 0. The molecule has 6 unspecified atom stereocenters. The van der Waals surface area contributed by atoms with E-state index in [1.54, 1.807) is 0 Å². The number of hydrogen-bond acceptors (Lipinski definition) is 1. The van der Waals surface area contributed by atoms with Crippen molar-refractivity contribution in [2.24, 2.45) is 23.2 Å². The van der Waals surface area contributed by atoms with E-state index in [1.165, 1.54) is 25.7 Å². The summed E-state index contributed by atoms with van der Waals surface area (Å²) in [6.07, 6.45) is 5.95. The molecule has 0 aromatic rings. The van der Waals surface area contributed by atoms with Gasteiger partial charge in [0.1, 0.15) is 0 Å². The van der Waals surface area contributed by atoms with Crippen molar-refractivity contribution in [3.05, 3.63) is 0 Å². The minimum Gasteiger partial charge on any atom is -0.300 e. The second-order valence-corrected chi connectivity index (χ2v) is 6.57. The van der Waals surface area contributed by atoms with Gasteiger partial charge in [-0.1, -0.05) is 20.3 Å². The summed E-state index contributed by atoms with van der Waals surface area (Å²) in [5.41, 5.74) is 0.716. The summed E-state index contributed by atoms with van der Waals surface area (Å²) >= 11 is 0. The molecule has 1 heteroatoms. The maximum absolute atomic E-state index is 2.71. The Bertz CT molecular complexity index is 275. The van der Waals surface area contributed by atoms with Crippen LogP contribution in [0.2, 0.25) is 0 Å². The van der Waals surface area contributed by atoms with Crippen LogP contribution < -0.4 is 0 Å². The largest absolute Gasteiger partial charge is 0.300 e. The van der Waals surface area contributed by atoms with Gasteiger partial charge >= 0.3 is 0 Å². The molecule has 0 bridgehead atoms. The van der Waals surface area contributed by atoms with Crippen molar-refractivity contribution in [2.75, 3.05) is 7.05 Å². The quantitative estimate of drug-likeness (QED) is 0.590. The van der Waals surface area contributed by atoms with Crippen LogP contribution in [0.4, 0.5) is 0 Å². The van der Waals surface area contributed by atoms with Gasteiger partial charge in [-0.3, -0.25) is 4.90 Å². The number of nitrogens with zero attached hydrogens (tertiary/aromatic N) is 1. The molecular formula is C14H25N. The molecule has 0 radical (unpaired) electrons. The third-order valence-corrected chi connectivity index (χ3v) is 6.24. The van der Waals surface area contributed by atoms with Crippen LogP contribution >= 0.6 is 0 Å². The van der Waals surface area contributed by atoms with E-state index in [0.717, 1.165) is 29.8 Å². The van der Waals surface area contributed by atoms with Gasteiger partial charge in [-0.15, -0.1) is 0 Å². The molecule has 2 aliphatic carbocycles. The molecule has 2 saturated carbocycles. The van der Waals surface area contributed by atoms with Crippen molar-refractivity contribution >= 4 is 0 Å². The molecule has 1 spiro atoms. The summed E-state index contributed by atoms with van der Waals surface area (Å²) in [7, 11) is 2.38. The van der Waals surface area contributed by atoms with Gasteiger partial charge in [0.15, 0.2) is 0 Å². The first-order valence-corrected chi connectivity index (χ1v) is 6.81. The predicted octanol–water partition coefficient (Wildman–Crippen LogP) is 3.15. The fraction of sp³-hybridized carbons (Fsp3) is 1.00. The lowest BCUT2D eigenvalue weighted by Crippen LogP contribution is -2.37. The van der Waals surface area contributed by atoms with E-state index >= 15 is 0 Å². The molecule has 0 amide bonds. The fourth-order valence-electron chi connectivity index (χ4n) is 5.83. The Morgan fingerprint density at radius 1 is 1.20 bits per heavy atom. The zero-order valence-electron chi connectivity index (χ0n) is 10.7. The Kier molecular flexibility index (Phi) is 2.03. The van der Waals surface area contributed by atoms with E-state index in [1.807, 2.05) is 0 Å². The molecule has 86 valence electrons. The zero-order chi connectivity index (χ0) is 10.8. The minimum atomic E-state index is 0.716. The van der Waals surface area contributed by atoms with Crippen LogP contribution in [0.1, 0.15) is 46.5 Å². The van der Waals surface area contributed by atoms with E-state index in [2.05, 4.69) is 32.7 Å². The van der Waals surface area contributed by atoms with E-state index < -0.39 is 0 Å². The van der Waals surface area contributed by atoms with Crippen molar-refractivity contribution in [1.29, 1.82) is 0 Å². The molecule has 1 saturated heterocycles. The molecule has 3 aliphatic rings. The highest BCUT2D eigenvalue weighted by Crippen LogP contribution is 2.66. The summed E-state index contributed by atoms with van der Waals surface area (Å²) in [5, 5.41) is 0. The molecule has 1 heterocycles. The molecular weight excluding hydrogens is 182 g/mol. The van der Waals surface area contributed by atoms with Gasteiger partial charge in [0, 0.05) is 12.1 Å². The Hall–Kier alpha value is -0.0400. The molecule has 1 nitrogen and oxygen atoms in total. The van der Waals surface area contributed by atoms with Crippen LogP contribution in [0.3, 0.4) is 0 Å². The SMILES string of the molecule is CC1CC(C)C23CCCC2N(C)C(C)C13. The van der Waals surface area contributed by atoms with E-state index in [9.17, 15) is 0 Å². The average Bonchev–Trinajstić information content (AvgIpc) is 2.75. The van der Waals surface area contributed by atoms with Gasteiger partial charge in [0.2, 0.25) is 0 Å². The third kappa shape index (κ3) is 0.988. The van der Waals surface area contributed by atoms with Gasteiger partial charge in [-0.2, -0.15) is 0 Å². The van der Waals surface area contributed by atoms with E-state index in [4.69, 9.17) is 0 Å². The predicted molar refractivity (Wildman–Crippen MR) is 63.7 cm³/mol. The lowest BCUT2D eigenvalue weighted by molar-refractivity contribution is 0.141. The van der Waals surface area contributed by atoms with Crippen LogP contribution in [0.25, 0.3) is 0 Å². The molecule has 6 atom stereocenters. The monoisotopic (exact) mass is 207 g/mol. The Balaban J connectivity index is 2.06. The highest BCUT2D eigenvalue weighted by Gasteiger charge is 2.64. The van der Waals surface area contributed by atoms with Gasteiger partial charge in [0.05, 0.1) is 0 Å². The normalized spacial score (nSPS) is 59.6. The molecule has 0 aromatic heterocycles. The Morgan fingerprint density at radius 3 is 2.67 bits per heavy atom. The van der Waals surface area contributed by atoms with Crippen molar-refractivity contribution < 1.29 is 0 Å². The second-order valence-electron chi connectivity index (χ2n) is 6.57. The molecule has 0 aromatic carbocycles. The first kappa shape index (κ1) is 10.1. The van der Waals surface area contributed by atoms with Gasteiger partial charge in [0.25, 0.3) is 0 Å². The van der Waals surface area contributed by atoms with Crippen molar-refractivity contribution in [1.82, 2.24) is 4.90 Å². The van der Waals surface area contributed by atoms with Crippen molar-refractivity contribution in [2.45, 2.75) is 58.5 Å². The lowest BCUT2D eigenvalue weighted by Gasteiger charge is -2.35. The zero-order valence-corrected chi connectivity index (χ0v) is 10.7. The third-order valence-electron chi connectivity index (χ3n) is 6.24. The van der Waals surface area contributed by atoms with Crippen LogP contribution in [0.15, 0.2) is 0 Å². The minimum absolute atomic E-state index is 0.716. The van der Waals surface area contributed by atoms with Gasteiger partial charge < -0.3 is 0 Å². The Morgan fingerprint density at radius 2 is 1.93 bits per heavy atom. The van der Waals surface area contributed by atoms with Crippen LogP contribution in [0.5, 0.6) is 0 Å². The smallest absolute Gasteiger partial charge is 0.0157 e. The summed E-state index contributed by atoms with van der Waals surface area (Å²) in [4.78, 5) is 2.71. The highest BCUT2D eigenvalue weighted by atomic mass is 15.2. The van der Waals surface area contributed by atoms with Crippen LogP contribution in [-0.4, -0.2) is 24.0 Å². The number of hydrogen-bond donors (Lipinski definition) is 0. The first-order valence-electron chi connectivity index (χ1n) is 6.81. The molecule has 1 aliphatic heterocycles. The van der Waals surface area contributed by atoms with E-state index in [0.29, 0.717) is 5.41 Å². The number of likely N-dealkylation sites (tertiary alicyclic amines) is 1. The highest BCUT2D eigenvalue weighted by molar-refractivity contribution is 5.16. The van der Waals surface area contributed by atoms with Gasteiger partial charge in [-0.05, 0) is 56.4 Å². The topological polar surface area (TPSA) is 3.24 Å². The fourth-order valence-corrected chi connectivity index (χ4v) is 5.83. The van der Waals surface area contributed by atoms with Crippen molar-refractivity contribution in [3.8, 4) is 0 Å². The maximum atomic E-state index is 2.71. The summed E-state index contributed by atoms with van der Waals surface area (Å²) in [6, 6.07) is 1.74. The lowest BCUT2D eigenvalue weighted by atomic mass is 9.69. The maximum Gasteiger partial charge on any atom is 0.0157 e. The summed E-state index contributed by atoms with van der Waals surface area (Å²) in [5.74, 6) is 2.92. The molecule has 3 fully saturated rings. The van der Waals surface area contributed by atoms with Crippen LogP contribution in [0, 0.1) is 23.2 Å². The van der Waals surface area contributed by atoms with Gasteiger partial charge in [-0.25, -0.2) is 0 Å². The standard InChI is InChI=1S/C14H25N/c1-9-8-10(2)14-7-5-6-12(14)15(4)11(3)13(9)14/h9-13H,5-8H2,1-4H3. The Labute approximate surface area is 94.2 Å². The second kappa shape index (κ2) is 3.00.